The first-order valence-electron chi connectivity index (χ1n) is 13.7. The molecule has 4 aromatic rings. The summed E-state index contributed by atoms with van der Waals surface area (Å²) >= 11 is 7.47. The number of aliphatic hydroxyl groups excluding tert-OH is 1. The minimum atomic E-state index is -0.886. The lowest BCUT2D eigenvalue weighted by Gasteiger charge is -2.23. The third kappa shape index (κ3) is 5.18. The van der Waals surface area contributed by atoms with Crippen molar-refractivity contribution in [1.29, 1.82) is 0 Å². The molecule has 0 aliphatic carbocycles. The number of nitrogens with zero attached hydrogens (tertiary/aromatic N) is 2. The van der Waals surface area contributed by atoms with Gasteiger partial charge in [0.15, 0.2) is 5.13 Å². The predicted molar refractivity (Wildman–Crippen MR) is 161 cm³/mol. The lowest BCUT2D eigenvalue weighted by atomic mass is 9.94. The second kappa shape index (κ2) is 11.2. The second-order valence-electron chi connectivity index (χ2n) is 10.4. The summed E-state index contributed by atoms with van der Waals surface area (Å²) in [6.45, 7) is 4.73. The Morgan fingerprint density at radius 3 is 2.71 bits per heavy atom. The Hall–Kier alpha value is -3.88. The molecule has 3 aromatic carbocycles. The largest absolute Gasteiger partial charge is 0.507 e. The number of fused-ring (bicyclic) bond motifs is 2. The number of hydrogen-bond acceptors (Lipinski definition) is 7. The molecule has 0 saturated carbocycles. The number of carbonyl (C=O) groups is 2. The van der Waals surface area contributed by atoms with Crippen LogP contribution in [0.4, 0.5) is 5.13 Å². The molecule has 210 valence electrons. The number of benzene rings is 3. The fourth-order valence-corrected chi connectivity index (χ4v) is 6.62. The number of unbranched alkanes of at least 4 members (excludes halogenated alkanes) is 2. The zero-order chi connectivity index (χ0) is 28.7. The van der Waals surface area contributed by atoms with Crippen LogP contribution in [0.1, 0.15) is 55.8 Å². The average molecular weight is 589 g/mol. The van der Waals surface area contributed by atoms with E-state index in [1.807, 2.05) is 37.3 Å². The molecule has 6 rings (SSSR count). The Bertz CT molecular complexity index is 1680. The van der Waals surface area contributed by atoms with Crippen molar-refractivity contribution in [3.63, 3.8) is 0 Å². The molecule has 2 aliphatic heterocycles. The van der Waals surface area contributed by atoms with E-state index in [0.29, 0.717) is 45.6 Å². The number of carbonyl (C=O) groups excluding carboxylic acids is 2. The smallest absolute Gasteiger partial charge is 0.301 e. The summed E-state index contributed by atoms with van der Waals surface area (Å²) < 4.78 is 12.5. The molecule has 7 nitrogen and oxygen atoms in total. The maximum atomic E-state index is 13.6. The van der Waals surface area contributed by atoms with Crippen LogP contribution < -0.4 is 14.4 Å². The molecular weight excluding hydrogens is 560 g/mol. The molecule has 0 bridgehead atoms. The van der Waals surface area contributed by atoms with Crippen LogP contribution in [0.15, 0.2) is 66.2 Å². The van der Waals surface area contributed by atoms with Crippen LogP contribution in [-0.2, 0) is 16.0 Å². The number of aromatic nitrogens is 1. The highest BCUT2D eigenvalue weighted by molar-refractivity contribution is 7.22. The SMILES string of the molecule is CCCCCOc1ccc([C@H]2/C(=C(\O)c3ccc4c(c3)C[C@H](C)O4)C(=O)C(=O)N2c2nc3ccc(Cl)cc3s2)cc1. The van der Waals surface area contributed by atoms with E-state index in [1.54, 1.807) is 30.3 Å². The van der Waals surface area contributed by atoms with Crippen LogP contribution in [0.3, 0.4) is 0 Å². The molecule has 1 fully saturated rings. The molecule has 1 saturated heterocycles. The summed E-state index contributed by atoms with van der Waals surface area (Å²) in [5.74, 6) is -0.297. The summed E-state index contributed by atoms with van der Waals surface area (Å²) in [4.78, 5) is 33.3. The van der Waals surface area contributed by atoms with Gasteiger partial charge in [-0.2, -0.15) is 0 Å². The van der Waals surface area contributed by atoms with Crippen molar-refractivity contribution in [2.45, 2.75) is 51.7 Å². The lowest BCUT2D eigenvalue weighted by molar-refractivity contribution is -0.132. The first-order valence-corrected chi connectivity index (χ1v) is 14.9. The molecule has 1 N–H and O–H groups in total. The Morgan fingerprint density at radius 2 is 1.93 bits per heavy atom. The van der Waals surface area contributed by atoms with Gasteiger partial charge in [-0.1, -0.05) is 54.8 Å². The van der Waals surface area contributed by atoms with E-state index in [4.69, 9.17) is 21.1 Å². The van der Waals surface area contributed by atoms with E-state index in [1.165, 1.54) is 16.2 Å². The van der Waals surface area contributed by atoms with Gasteiger partial charge in [-0.05, 0) is 73.0 Å². The van der Waals surface area contributed by atoms with E-state index in [-0.39, 0.29) is 17.4 Å². The summed E-state index contributed by atoms with van der Waals surface area (Å²) in [5, 5.41) is 12.5. The van der Waals surface area contributed by atoms with Gasteiger partial charge in [0.05, 0.1) is 28.4 Å². The summed E-state index contributed by atoms with van der Waals surface area (Å²) in [7, 11) is 0. The van der Waals surface area contributed by atoms with Crippen molar-refractivity contribution < 1.29 is 24.2 Å². The third-order valence-corrected chi connectivity index (χ3v) is 8.62. The van der Waals surface area contributed by atoms with E-state index in [9.17, 15) is 14.7 Å². The summed E-state index contributed by atoms with van der Waals surface area (Å²) in [6.07, 6.45) is 3.89. The van der Waals surface area contributed by atoms with Gasteiger partial charge < -0.3 is 14.6 Å². The van der Waals surface area contributed by atoms with Crippen LogP contribution in [0.25, 0.3) is 16.0 Å². The van der Waals surface area contributed by atoms with Gasteiger partial charge in [0.2, 0.25) is 0 Å². The number of amides is 1. The highest BCUT2D eigenvalue weighted by Crippen LogP contribution is 2.45. The first kappa shape index (κ1) is 27.3. The molecule has 1 amide bonds. The van der Waals surface area contributed by atoms with Crippen molar-refractivity contribution in [3.8, 4) is 11.5 Å². The number of anilines is 1. The van der Waals surface area contributed by atoms with Gasteiger partial charge in [-0.15, -0.1) is 0 Å². The normalized spacial score (nSPS) is 19.5. The summed E-state index contributed by atoms with van der Waals surface area (Å²) in [5.41, 5.74) is 2.73. The standard InChI is InChI=1S/C32H29ClN2O5S/c1-3-4-5-14-39-23-10-6-19(7-11-23)28-27(29(36)20-8-13-25-21(16-20)15-18(2)40-25)30(37)31(38)35(28)32-34-24-12-9-22(33)17-26(24)41-32/h6-13,16-18,28,36H,3-5,14-15H2,1-2H3/b29-27+/t18-,28-/m0/s1. The number of hydrogen-bond donors (Lipinski definition) is 1. The number of ketones is 1. The Morgan fingerprint density at radius 1 is 1.12 bits per heavy atom. The first-order chi connectivity index (χ1) is 19.8. The number of rotatable bonds is 8. The Labute approximate surface area is 247 Å². The molecule has 0 radical (unpaired) electrons. The average Bonchev–Trinajstić information content (AvgIpc) is 3.63. The molecule has 9 heteroatoms. The number of thiazole rings is 1. The highest BCUT2D eigenvalue weighted by atomic mass is 35.5. The van der Waals surface area contributed by atoms with Gasteiger partial charge in [-0.25, -0.2) is 4.98 Å². The number of halogens is 1. The fourth-order valence-electron chi connectivity index (χ4n) is 5.35. The second-order valence-corrected chi connectivity index (χ2v) is 11.8. The third-order valence-electron chi connectivity index (χ3n) is 7.37. The van der Waals surface area contributed by atoms with Gasteiger partial charge >= 0.3 is 5.91 Å². The van der Waals surface area contributed by atoms with Crippen molar-refractivity contribution >= 4 is 55.7 Å². The minimum absolute atomic E-state index is 0.0100. The van der Waals surface area contributed by atoms with Crippen LogP contribution in [0, 0.1) is 0 Å². The topological polar surface area (TPSA) is 89.0 Å². The highest BCUT2D eigenvalue weighted by Gasteiger charge is 2.48. The van der Waals surface area contributed by atoms with Crippen LogP contribution in [-0.4, -0.2) is 34.5 Å². The minimum Gasteiger partial charge on any atom is -0.507 e. The van der Waals surface area contributed by atoms with Crippen LogP contribution in [0.5, 0.6) is 11.5 Å². The number of ether oxygens (including phenoxy) is 2. The zero-order valence-electron chi connectivity index (χ0n) is 22.7. The van der Waals surface area contributed by atoms with Gasteiger partial charge in [0.25, 0.3) is 5.78 Å². The quantitative estimate of drug-likeness (QED) is 0.0994. The summed E-state index contributed by atoms with van der Waals surface area (Å²) in [6, 6.07) is 17.0. The van der Waals surface area contributed by atoms with Crippen molar-refractivity contribution in [2.24, 2.45) is 0 Å². The van der Waals surface area contributed by atoms with Crippen LogP contribution >= 0.6 is 22.9 Å². The molecule has 0 unspecified atom stereocenters. The Kier molecular flexibility index (Phi) is 7.45. The monoisotopic (exact) mass is 588 g/mol. The lowest BCUT2D eigenvalue weighted by Crippen LogP contribution is -2.29. The maximum Gasteiger partial charge on any atom is 0.301 e. The number of aliphatic hydroxyl groups is 1. The van der Waals surface area contributed by atoms with Gasteiger partial charge in [0.1, 0.15) is 23.4 Å². The molecule has 3 heterocycles. The van der Waals surface area contributed by atoms with Crippen LogP contribution in [0.2, 0.25) is 5.02 Å². The molecule has 41 heavy (non-hydrogen) atoms. The number of Topliss-reactive ketones (excluding diaryl/α,β-unsaturated/α-hetero) is 1. The van der Waals surface area contributed by atoms with Gasteiger partial charge in [-0.3, -0.25) is 14.5 Å². The fraction of sp³-hybridized carbons (Fsp3) is 0.281. The van der Waals surface area contributed by atoms with E-state index in [2.05, 4.69) is 11.9 Å². The predicted octanol–water partition coefficient (Wildman–Crippen LogP) is 7.47. The molecule has 2 aliphatic rings. The van der Waals surface area contributed by atoms with Crippen molar-refractivity contribution in [2.75, 3.05) is 11.5 Å². The molecular formula is C32H29ClN2O5S. The molecule has 0 spiro atoms. The van der Waals surface area contributed by atoms with E-state index < -0.39 is 17.7 Å². The van der Waals surface area contributed by atoms with E-state index in [0.717, 1.165) is 35.3 Å². The Balaban J connectivity index is 1.44. The van der Waals surface area contributed by atoms with Gasteiger partial charge in [0, 0.05) is 17.0 Å². The van der Waals surface area contributed by atoms with Crippen molar-refractivity contribution in [1.82, 2.24) is 4.98 Å². The maximum absolute atomic E-state index is 13.6. The molecule has 2 atom stereocenters. The van der Waals surface area contributed by atoms with Crippen molar-refractivity contribution in [3.05, 3.63) is 87.9 Å². The zero-order valence-corrected chi connectivity index (χ0v) is 24.3. The van der Waals surface area contributed by atoms with E-state index >= 15 is 0 Å². The molecule has 1 aromatic heterocycles.